The van der Waals surface area contributed by atoms with Crippen molar-refractivity contribution in [3.05, 3.63) is 17.8 Å². The molecule has 0 aliphatic rings. The maximum Gasteiger partial charge on any atom is 0.237 e. The van der Waals surface area contributed by atoms with Gasteiger partial charge in [0.15, 0.2) is 0 Å². The van der Waals surface area contributed by atoms with E-state index in [0.29, 0.717) is 11.6 Å². The fraction of sp³-hybridized carbons (Fsp3) is 0.500. The smallest absolute Gasteiger partial charge is 0.237 e. The Hall–Kier alpha value is -1.29. The van der Waals surface area contributed by atoms with E-state index >= 15 is 0 Å². The first-order chi connectivity index (χ1) is 6.77. The highest BCUT2D eigenvalue weighted by molar-refractivity contribution is 5.48. The van der Waals surface area contributed by atoms with Crippen LogP contribution in [0.15, 0.2) is 12.1 Å². The number of nitrogens with zero attached hydrogens (tertiary/aromatic N) is 1. The molecule has 0 aliphatic carbocycles. The predicted molar refractivity (Wildman–Crippen MR) is 55.4 cm³/mol. The third-order valence-electron chi connectivity index (χ3n) is 1.92. The Morgan fingerprint density at radius 1 is 1.36 bits per heavy atom. The van der Waals surface area contributed by atoms with Crippen LogP contribution in [0.1, 0.15) is 12.1 Å². The Bertz CT molecular complexity index is 289. The number of aryl methyl sites for hydroxylation is 1. The van der Waals surface area contributed by atoms with Crippen molar-refractivity contribution >= 4 is 5.69 Å². The number of hydrogen-bond acceptors (Lipinski definition) is 4. The van der Waals surface area contributed by atoms with Gasteiger partial charge < -0.3 is 15.2 Å². The molecule has 14 heavy (non-hydrogen) atoms. The molecule has 0 saturated carbocycles. The lowest BCUT2D eigenvalue weighted by molar-refractivity contribution is 0.195. The molecular formula is C10H16N2O2. The summed E-state index contributed by atoms with van der Waals surface area (Å²) in [5, 5.41) is 0. The van der Waals surface area contributed by atoms with Crippen molar-refractivity contribution in [2.24, 2.45) is 0 Å². The van der Waals surface area contributed by atoms with E-state index in [1.807, 2.05) is 12.1 Å². The molecule has 1 heterocycles. The van der Waals surface area contributed by atoms with Gasteiger partial charge in [0, 0.05) is 19.4 Å². The van der Waals surface area contributed by atoms with Gasteiger partial charge in [-0.2, -0.15) is 0 Å². The van der Waals surface area contributed by atoms with Crippen molar-refractivity contribution in [1.82, 2.24) is 4.98 Å². The molecule has 0 bridgehead atoms. The topological polar surface area (TPSA) is 57.4 Å². The van der Waals surface area contributed by atoms with Crippen LogP contribution in [0.4, 0.5) is 5.69 Å². The number of aromatic nitrogens is 1. The van der Waals surface area contributed by atoms with Gasteiger partial charge in [-0.1, -0.05) is 0 Å². The first kappa shape index (κ1) is 10.8. The minimum atomic E-state index is 0.500. The second-order valence-electron chi connectivity index (χ2n) is 3.00. The van der Waals surface area contributed by atoms with Gasteiger partial charge in [-0.15, -0.1) is 0 Å². The summed E-state index contributed by atoms with van der Waals surface area (Å²) in [6.45, 7) is 0.744. The Balaban J connectivity index is 2.60. The molecule has 4 heteroatoms. The van der Waals surface area contributed by atoms with Crippen LogP contribution in [0, 0.1) is 0 Å². The van der Waals surface area contributed by atoms with Gasteiger partial charge >= 0.3 is 0 Å². The zero-order valence-electron chi connectivity index (χ0n) is 8.62. The van der Waals surface area contributed by atoms with Crippen LogP contribution in [0.5, 0.6) is 5.88 Å². The summed E-state index contributed by atoms with van der Waals surface area (Å²) in [6, 6.07) is 3.72. The molecular weight excluding hydrogens is 180 g/mol. The first-order valence-electron chi connectivity index (χ1n) is 4.56. The van der Waals surface area contributed by atoms with Gasteiger partial charge in [0.05, 0.1) is 12.8 Å². The molecule has 0 aromatic carbocycles. The third kappa shape index (κ3) is 2.88. The van der Waals surface area contributed by atoms with Crippen molar-refractivity contribution < 1.29 is 9.47 Å². The minimum Gasteiger partial charge on any atom is -0.480 e. The average molecular weight is 196 g/mol. The summed E-state index contributed by atoms with van der Waals surface area (Å²) in [7, 11) is 3.26. The van der Waals surface area contributed by atoms with Crippen LogP contribution < -0.4 is 10.5 Å². The second-order valence-corrected chi connectivity index (χ2v) is 3.00. The molecule has 78 valence electrons. The minimum absolute atomic E-state index is 0.500. The van der Waals surface area contributed by atoms with Crippen molar-refractivity contribution in [2.45, 2.75) is 12.8 Å². The van der Waals surface area contributed by atoms with Crippen LogP contribution in [0.2, 0.25) is 0 Å². The zero-order chi connectivity index (χ0) is 10.4. The number of rotatable bonds is 5. The standard InChI is InChI=1S/C10H16N2O2/c1-13-7-3-4-8-5-6-9(11)10(12-8)14-2/h5-6H,3-4,7,11H2,1-2H3. The highest BCUT2D eigenvalue weighted by Gasteiger charge is 2.02. The Labute approximate surface area is 84.0 Å². The monoisotopic (exact) mass is 196 g/mol. The molecule has 0 saturated heterocycles. The number of anilines is 1. The van der Waals surface area contributed by atoms with Crippen molar-refractivity contribution in [1.29, 1.82) is 0 Å². The number of nitrogens with two attached hydrogens (primary N) is 1. The molecule has 2 N–H and O–H groups in total. The largest absolute Gasteiger partial charge is 0.480 e. The SMILES string of the molecule is COCCCc1ccc(N)c(OC)n1. The predicted octanol–water partition coefficient (Wildman–Crippen LogP) is 1.25. The number of hydrogen-bond donors (Lipinski definition) is 1. The molecule has 0 radical (unpaired) electrons. The first-order valence-corrected chi connectivity index (χ1v) is 4.56. The molecule has 0 spiro atoms. The van der Waals surface area contributed by atoms with E-state index in [4.69, 9.17) is 15.2 Å². The maximum absolute atomic E-state index is 5.64. The molecule has 1 aromatic heterocycles. The molecule has 0 atom stereocenters. The lowest BCUT2D eigenvalue weighted by Gasteiger charge is -2.05. The zero-order valence-corrected chi connectivity index (χ0v) is 8.62. The summed E-state index contributed by atoms with van der Waals surface area (Å²) in [5.41, 5.74) is 7.19. The molecule has 0 fully saturated rings. The van der Waals surface area contributed by atoms with Gasteiger partial charge in [0.2, 0.25) is 5.88 Å². The lowest BCUT2D eigenvalue weighted by Crippen LogP contribution is -2.00. The normalized spacial score (nSPS) is 10.1. The maximum atomic E-state index is 5.64. The molecule has 1 rings (SSSR count). The van der Waals surface area contributed by atoms with E-state index in [0.717, 1.165) is 25.1 Å². The van der Waals surface area contributed by atoms with E-state index in [1.165, 1.54) is 0 Å². The fourth-order valence-electron chi connectivity index (χ4n) is 1.19. The lowest BCUT2D eigenvalue weighted by atomic mass is 10.2. The van der Waals surface area contributed by atoms with Crippen LogP contribution >= 0.6 is 0 Å². The van der Waals surface area contributed by atoms with E-state index in [9.17, 15) is 0 Å². The quantitative estimate of drug-likeness (QED) is 0.720. The summed E-state index contributed by atoms with van der Waals surface area (Å²) in [5.74, 6) is 0.500. The Morgan fingerprint density at radius 3 is 2.79 bits per heavy atom. The van der Waals surface area contributed by atoms with Crippen molar-refractivity contribution in [3.63, 3.8) is 0 Å². The molecule has 0 unspecified atom stereocenters. The fourth-order valence-corrected chi connectivity index (χ4v) is 1.19. The highest BCUT2D eigenvalue weighted by Crippen LogP contribution is 2.18. The van der Waals surface area contributed by atoms with Crippen LogP contribution in [0.25, 0.3) is 0 Å². The summed E-state index contributed by atoms with van der Waals surface area (Å²) in [6.07, 6.45) is 1.83. The van der Waals surface area contributed by atoms with E-state index in [-0.39, 0.29) is 0 Å². The molecule has 0 aliphatic heterocycles. The average Bonchev–Trinajstić information content (AvgIpc) is 2.21. The van der Waals surface area contributed by atoms with Crippen LogP contribution in [-0.2, 0) is 11.2 Å². The summed E-state index contributed by atoms with van der Waals surface area (Å²) >= 11 is 0. The van der Waals surface area contributed by atoms with Gasteiger partial charge in [-0.3, -0.25) is 0 Å². The molecule has 4 nitrogen and oxygen atoms in total. The van der Waals surface area contributed by atoms with Gasteiger partial charge in [-0.05, 0) is 25.0 Å². The summed E-state index contributed by atoms with van der Waals surface area (Å²) in [4.78, 5) is 4.26. The van der Waals surface area contributed by atoms with Crippen molar-refractivity contribution in [2.75, 3.05) is 26.6 Å². The summed E-state index contributed by atoms with van der Waals surface area (Å²) < 4.78 is 9.98. The molecule has 1 aromatic rings. The third-order valence-corrected chi connectivity index (χ3v) is 1.92. The van der Waals surface area contributed by atoms with E-state index in [2.05, 4.69) is 4.98 Å². The van der Waals surface area contributed by atoms with Crippen molar-refractivity contribution in [3.8, 4) is 5.88 Å². The van der Waals surface area contributed by atoms with Gasteiger partial charge in [0.25, 0.3) is 0 Å². The van der Waals surface area contributed by atoms with Gasteiger partial charge in [0.1, 0.15) is 0 Å². The highest BCUT2D eigenvalue weighted by atomic mass is 16.5. The van der Waals surface area contributed by atoms with E-state index < -0.39 is 0 Å². The number of pyridine rings is 1. The van der Waals surface area contributed by atoms with Gasteiger partial charge in [-0.25, -0.2) is 4.98 Å². The Kier molecular flexibility index (Phi) is 4.19. The molecule has 0 amide bonds. The number of methoxy groups -OCH3 is 2. The van der Waals surface area contributed by atoms with Crippen LogP contribution in [0.3, 0.4) is 0 Å². The Morgan fingerprint density at radius 2 is 2.14 bits per heavy atom. The van der Waals surface area contributed by atoms with Crippen LogP contribution in [-0.4, -0.2) is 25.8 Å². The number of nitrogen functional groups attached to an aromatic ring is 1. The number of ether oxygens (including phenoxy) is 2. The second kappa shape index (κ2) is 5.44. The van der Waals surface area contributed by atoms with E-state index in [1.54, 1.807) is 14.2 Å².